The summed E-state index contributed by atoms with van der Waals surface area (Å²) in [4.78, 5) is 23.0. The van der Waals surface area contributed by atoms with Crippen molar-refractivity contribution in [1.82, 2.24) is 10.6 Å². The summed E-state index contributed by atoms with van der Waals surface area (Å²) in [6, 6.07) is 7.22. The molecule has 2 amide bonds. The first-order valence-corrected chi connectivity index (χ1v) is 6.90. The van der Waals surface area contributed by atoms with Gasteiger partial charge in [0, 0.05) is 6.54 Å². The number of rotatable bonds is 6. The van der Waals surface area contributed by atoms with E-state index < -0.39 is 18.0 Å². The molecule has 0 spiro atoms. The quantitative estimate of drug-likeness (QED) is 0.745. The fourth-order valence-electron chi connectivity index (χ4n) is 2.20. The van der Waals surface area contributed by atoms with E-state index in [9.17, 15) is 14.7 Å². The molecule has 20 heavy (non-hydrogen) atoms. The fourth-order valence-corrected chi connectivity index (χ4v) is 2.20. The van der Waals surface area contributed by atoms with Crippen molar-refractivity contribution < 1.29 is 14.7 Å². The van der Waals surface area contributed by atoms with Gasteiger partial charge in [-0.05, 0) is 30.2 Å². The molecule has 1 aliphatic carbocycles. The maximum atomic E-state index is 11.8. The Morgan fingerprint density at radius 2 is 1.95 bits per heavy atom. The van der Waals surface area contributed by atoms with E-state index in [0.717, 1.165) is 0 Å². The van der Waals surface area contributed by atoms with Gasteiger partial charge in [-0.1, -0.05) is 37.3 Å². The zero-order valence-corrected chi connectivity index (χ0v) is 11.5. The normalized spacial score (nSPS) is 17.1. The lowest BCUT2D eigenvalue weighted by Crippen LogP contribution is -2.42. The monoisotopic (exact) mass is 276 g/mol. The number of amides is 2. The van der Waals surface area contributed by atoms with E-state index in [1.807, 2.05) is 0 Å². The molecule has 1 aromatic carbocycles. The van der Waals surface area contributed by atoms with Gasteiger partial charge in [0.15, 0.2) is 6.04 Å². The van der Waals surface area contributed by atoms with Gasteiger partial charge in [-0.15, -0.1) is 0 Å². The minimum Gasteiger partial charge on any atom is -0.479 e. The molecule has 0 radical (unpaired) electrons. The Hall–Kier alpha value is -2.04. The highest BCUT2D eigenvalue weighted by Gasteiger charge is 2.28. The highest BCUT2D eigenvalue weighted by Crippen LogP contribution is 2.36. The highest BCUT2D eigenvalue weighted by molar-refractivity contribution is 5.83. The van der Waals surface area contributed by atoms with Gasteiger partial charge in [0.25, 0.3) is 0 Å². The largest absolute Gasteiger partial charge is 0.479 e. The molecular formula is C15H20N2O3. The van der Waals surface area contributed by atoms with Crippen LogP contribution in [0.25, 0.3) is 0 Å². The second-order valence-corrected chi connectivity index (χ2v) is 5.35. The van der Waals surface area contributed by atoms with Crippen molar-refractivity contribution in [2.24, 2.45) is 11.8 Å². The number of nitrogens with one attached hydrogen (secondary N) is 2. The Kier molecular flexibility index (Phi) is 4.61. The summed E-state index contributed by atoms with van der Waals surface area (Å²) in [5, 5.41) is 14.5. The van der Waals surface area contributed by atoms with Crippen molar-refractivity contribution >= 4 is 12.0 Å². The predicted octanol–water partition coefficient (Wildman–Crippen LogP) is 2.16. The van der Waals surface area contributed by atoms with E-state index >= 15 is 0 Å². The molecular weight excluding hydrogens is 256 g/mol. The van der Waals surface area contributed by atoms with E-state index in [-0.39, 0.29) is 0 Å². The van der Waals surface area contributed by atoms with E-state index in [0.29, 0.717) is 23.9 Å². The molecule has 0 bridgehead atoms. The van der Waals surface area contributed by atoms with Gasteiger partial charge in [-0.25, -0.2) is 9.59 Å². The highest BCUT2D eigenvalue weighted by atomic mass is 16.4. The Morgan fingerprint density at radius 1 is 1.30 bits per heavy atom. The first kappa shape index (κ1) is 14.4. The molecule has 1 unspecified atom stereocenters. The maximum absolute atomic E-state index is 11.8. The topological polar surface area (TPSA) is 78.4 Å². The second kappa shape index (κ2) is 6.41. The standard InChI is InChI=1S/C15H20N2O3/c1-10(11-7-8-11)9-16-15(20)17-13(14(18)19)12-5-3-2-4-6-12/h2-6,10-11,13H,7-9H2,1H3,(H,18,19)(H2,16,17,20)/t10?,13-/m1/s1. The van der Waals surface area contributed by atoms with E-state index in [1.54, 1.807) is 30.3 Å². The lowest BCUT2D eigenvalue weighted by Gasteiger charge is -2.17. The van der Waals surface area contributed by atoms with Crippen LogP contribution in [0.5, 0.6) is 0 Å². The number of aliphatic carboxylic acids is 1. The average molecular weight is 276 g/mol. The molecule has 2 rings (SSSR count). The zero-order valence-electron chi connectivity index (χ0n) is 11.5. The predicted molar refractivity (Wildman–Crippen MR) is 75.2 cm³/mol. The molecule has 3 N–H and O–H groups in total. The molecule has 1 aliphatic rings. The van der Waals surface area contributed by atoms with Crippen LogP contribution in [-0.4, -0.2) is 23.7 Å². The van der Waals surface area contributed by atoms with E-state index in [2.05, 4.69) is 17.6 Å². The van der Waals surface area contributed by atoms with Crippen LogP contribution in [0.2, 0.25) is 0 Å². The van der Waals surface area contributed by atoms with Crippen molar-refractivity contribution in [3.63, 3.8) is 0 Å². The fraction of sp³-hybridized carbons (Fsp3) is 0.467. The summed E-state index contributed by atoms with van der Waals surface area (Å²) in [5.41, 5.74) is 0.561. The molecule has 5 heteroatoms. The van der Waals surface area contributed by atoms with Gasteiger partial charge in [0.2, 0.25) is 0 Å². The van der Waals surface area contributed by atoms with Gasteiger partial charge >= 0.3 is 12.0 Å². The van der Waals surface area contributed by atoms with Gasteiger partial charge in [0.1, 0.15) is 0 Å². The number of hydrogen-bond donors (Lipinski definition) is 3. The van der Waals surface area contributed by atoms with Crippen LogP contribution >= 0.6 is 0 Å². The molecule has 2 atom stereocenters. The maximum Gasteiger partial charge on any atom is 0.330 e. The van der Waals surface area contributed by atoms with Crippen molar-refractivity contribution in [2.75, 3.05) is 6.54 Å². The number of carbonyl (C=O) groups excluding carboxylic acids is 1. The number of hydrogen-bond acceptors (Lipinski definition) is 2. The smallest absolute Gasteiger partial charge is 0.330 e. The van der Waals surface area contributed by atoms with Crippen LogP contribution < -0.4 is 10.6 Å². The van der Waals surface area contributed by atoms with Crippen LogP contribution in [-0.2, 0) is 4.79 Å². The van der Waals surface area contributed by atoms with Crippen LogP contribution in [0.15, 0.2) is 30.3 Å². The van der Waals surface area contributed by atoms with Gasteiger partial charge in [-0.2, -0.15) is 0 Å². The Bertz CT molecular complexity index is 471. The third-order valence-corrected chi connectivity index (χ3v) is 3.67. The lowest BCUT2D eigenvalue weighted by molar-refractivity contribution is -0.139. The minimum atomic E-state index is -1.07. The molecule has 1 saturated carbocycles. The molecule has 0 aromatic heterocycles. The number of urea groups is 1. The SMILES string of the molecule is CC(CNC(=O)N[C@@H](C(=O)O)c1ccccc1)C1CC1. The summed E-state index contributed by atoms with van der Waals surface area (Å²) in [6.07, 6.45) is 2.46. The summed E-state index contributed by atoms with van der Waals surface area (Å²) < 4.78 is 0. The molecule has 0 aliphatic heterocycles. The summed E-state index contributed by atoms with van der Waals surface area (Å²) in [7, 11) is 0. The Balaban J connectivity index is 1.87. The van der Waals surface area contributed by atoms with Crippen LogP contribution in [0.3, 0.4) is 0 Å². The minimum absolute atomic E-state index is 0.436. The lowest BCUT2D eigenvalue weighted by atomic mass is 10.1. The molecule has 1 fully saturated rings. The van der Waals surface area contributed by atoms with Gasteiger partial charge in [0.05, 0.1) is 0 Å². The van der Waals surface area contributed by atoms with Crippen molar-refractivity contribution in [3.8, 4) is 0 Å². The van der Waals surface area contributed by atoms with Crippen LogP contribution in [0, 0.1) is 11.8 Å². The van der Waals surface area contributed by atoms with Gasteiger partial charge in [-0.3, -0.25) is 0 Å². The molecule has 108 valence electrons. The second-order valence-electron chi connectivity index (χ2n) is 5.35. The Labute approximate surface area is 118 Å². The molecule has 5 nitrogen and oxygen atoms in total. The van der Waals surface area contributed by atoms with E-state index in [4.69, 9.17) is 0 Å². The third-order valence-electron chi connectivity index (χ3n) is 3.67. The number of carboxylic acid groups (broad SMARTS) is 1. The summed E-state index contributed by atoms with van der Waals surface area (Å²) in [5.74, 6) is 0.0852. The molecule has 1 aromatic rings. The average Bonchev–Trinajstić information content (AvgIpc) is 3.27. The molecule has 0 saturated heterocycles. The first-order valence-electron chi connectivity index (χ1n) is 6.90. The zero-order chi connectivity index (χ0) is 14.5. The van der Waals surface area contributed by atoms with Crippen molar-refractivity contribution in [1.29, 1.82) is 0 Å². The molecule has 0 heterocycles. The number of benzene rings is 1. The summed E-state index contributed by atoms with van der Waals surface area (Å²) in [6.45, 7) is 2.68. The Morgan fingerprint density at radius 3 is 2.50 bits per heavy atom. The van der Waals surface area contributed by atoms with E-state index in [1.165, 1.54) is 12.8 Å². The number of carboxylic acids is 1. The van der Waals surface area contributed by atoms with Crippen LogP contribution in [0.4, 0.5) is 4.79 Å². The number of carbonyl (C=O) groups is 2. The van der Waals surface area contributed by atoms with Crippen molar-refractivity contribution in [2.45, 2.75) is 25.8 Å². The summed E-state index contributed by atoms with van der Waals surface area (Å²) >= 11 is 0. The van der Waals surface area contributed by atoms with Gasteiger partial charge < -0.3 is 15.7 Å². The third kappa shape index (κ3) is 3.98. The first-order chi connectivity index (χ1) is 9.58. The van der Waals surface area contributed by atoms with Crippen molar-refractivity contribution in [3.05, 3.63) is 35.9 Å². The van der Waals surface area contributed by atoms with Crippen LogP contribution in [0.1, 0.15) is 31.4 Å².